The smallest absolute Gasteiger partial charge is 0.323 e. The van der Waals surface area contributed by atoms with Gasteiger partial charge in [0.2, 0.25) is 0 Å². The van der Waals surface area contributed by atoms with Crippen LogP contribution in [0.4, 0.5) is 13.2 Å². The van der Waals surface area contributed by atoms with Crippen LogP contribution < -0.4 is 5.84 Å². The topological polar surface area (TPSA) is 63.6 Å². The third kappa shape index (κ3) is 5.69. The van der Waals surface area contributed by atoms with Crippen molar-refractivity contribution in [2.45, 2.75) is 38.8 Å². The summed E-state index contributed by atoms with van der Waals surface area (Å²) in [5, 5.41) is 3.54. The van der Waals surface area contributed by atoms with E-state index < -0.39 is 12.6 Å². The van der Waals surface area contributed by atoms with Gasteiger partial charge in [-0.3, -0.25) is 9.98 Å². The fourth-order valence-corrected chi connectivity index (χ4v) is 2.01. The Bertz CT molecular complexity index is 692. The van der Waals surface area contributed by atoms with E-state index in [1.807, 2.05) is 6.92 Å². The zero-order valence-corrected chi connectivity index (χ0v) is 13.4. The highest BCUT2D eigenvalue weighted by Gasteiger charge is 2.30. The molecule has 1 aromatic rings. The minimum absolute atomic E-state index is 0.00255. The van der Waals surface area contributed by atoms with Crippen LogP contribution in [0.5, 0.6) is 0 Å². The van der Waals surface area contributed by atoms with E-state index in [1.165, 1.54) is 18.5 Å². The van der Waals surface area contributed by atoms with Gasteiger partial charge in [-0.25, -0.2) is 0 Å². The summed E-state index contributed by atoms with van der Waals surface area (Å²) in [5.41, 5.74) is 0.681. The number of nitrogens with two attached hydrogens (primary N) is 1. The van der Waals surface area contributed by atoms with E-state index in [0.717, 1.165) is 19.3 Å². The molecule has 1 aliphatic rings. The Kier molecular flexibility index (Phi) is 5.96. The second kappa shape index (κ2) is 7.95. The van der Waals surface area contributed by atoms with Gasteiger partial charge < -0.3 is 5.84 Å². The van der Waals surface area contributed by atoms with Gasteiger partial charge in [0.1, 0.15) is 5.71 Å². The Morgan fingerprint density at radius 3 is 2.79 bits per heavy atom. The molecule has 0 amide bonds. The van der Waals surface area contributed by atoms with E-state index in [4.69, 9.17) is 5.84 Å². The van der Waals surface area contributed by atoms with Gasteiger partial charge in [-0.05, 0) is 30.9 Å². The number of hydrazone groups is 1. The van der Waals surface area contributed by atoms with Crippen LogP contribution in [0.2, 0.25) is 0 Å². The van der Waals surface area contributed by atoms with Crippen molar-refractivity contribution in [1.29, 1.82) is 0 Å². The van der Waals surface area contributed by atoms with E-state index in [2.05, 4.69) is 26.9 Å². The zero-order valence-electron chi connectivity index (χ0n) is 13.4. The molecule has 0 unspecified atom stereocenters. The molecule has 7 heteroatoms. The van der Waals surface area contributed by atoms with Crippen LogP contribution in [0, 0.1) is 17.8 Å². The molecule has 2 rings (SSSR count). The van der Waals surface area contributed by atoms with Gasteiger partial charge in [-0.15, -0.1) is 0 Å². The maximum absolute atomic E-state index is 12.9. The average molecular weight is 336 g/mol. The van der Waals surface area contributed by atoms with Gasteiger partial charge in [-0.1, -0.05) is 18.8 Å². The molecule has 0 aliphatic heterocycles. The van der Waals surface area contributed by atoms with E-state index in [1.54, 1.807) is 0 Å². The van der Waals surface area contributed by atoms with E-state index in [0.29, 0.717) is 18.0 Å². The lowest BCUT2D eigenvalue weighted by molar-refractivity contribution is -0.127. The molecule has 1 aliphatic carbocycles. The van der Waals surface area contributed by atoms with Crippen molar-refractivity contribution >= 4 is 11.9 Å². The number of hydrogen-bond acceptors (Lipinski definition) is 4. The van der Waals surface area contributed by atoms with Crippen molar-refractivity contribution in [3.05, 3.63) is 29.1 Å². The summed E-state index contributed by atoms with van der Waals surface area (Å²) < 4.78 is 38.6. The quantitative estimate of drug-likeness (QED) is 0.389. The minimum Gasteiger partial charge on any atom is -0.323 e. The Balaban J connectivity index is 2.35. The SMILES string of the molecule is CCCN=C/C(=N\N)c1ncc(C#CC2CC2)cc1CC(F)(F)F. The molecule has 0 aromatic carbocycles. The number of hydrogen-bond donors (Lipinski definition) is 1. The Hall–Kier alpha value is -2.36. The first-order valence-corrected chi connectivity index (χ1v) is 7.78. The van der Waals surface area contributed by atoms with Crippen LogP contribution in [0.25, 0.3) is 0 Å². The summed E-state index contributed by atoms with van der Waals surface area (Å²) in [6.07, 6.45) is 0.239. The lowest BCUT2D eigenvalue weighted by atomic mass is 10.0. The van der Waals surface area contributed by atoms with Crippen molar-refractivity contribution in [2.75, 3.05) is 6.54 Å². The second-order valence-corrected chi connectivity index (χ2v) is 5.62. The highest BCUT2D eigenvalue weighted by atomic mass is 19.4. The van der Waals surface area contributed by atoms with Crippen LogP contribution in [-0.2, 0) is 6.42 Å². The van der Waals surface area contributed by atoms with Crippen LogP contribution in [0.15, 0.2) is 22.4 Å². The van der Waals surface area contributed by atoms with E-state index in [-0.39, 0.29) is 17.0 Å². The molecular weight excluding hydrogens is 317 g/mol. The third-order valence-corrected chi connectivity index (χ3v) is 3.30. The molecule has 1 saturated carbocycles. The van der Waals surface area contributed by atoms with Crippen LogP contribution in [0.3, 0.4) is 0 Å². The van der Waals surface area contributed by atoms with E-state index in [9.17, 15) is 13.2 Å². The summed E-state index contributed by atoms with van der Waals surface area (Å²) >= 11 is 0. The van der Waals surface area contributed by atoms with E-state index >= 15 is 0 Å². The maximum Gasteiger partial charge on any atom is 0.393 e. The summed E-state index contributed by atoms with van der Waals surface area (Å²) in [7, 11) is 0. The van der Waals surface area contributed by atoms with Gasteiger partial charge in [0, 0.05) is 24.2 Å². The predicted octanol–water partition coefficient (Wildman–Crippen LogP) is 3.09. The Morgan fingerprint density at radius 1 is 1.46 bits per heavy atom. The monoisotopic (exact) mass is 336 g/mol. The molecule has 0 atom stereocenters. The summed E-state index contributed by atoms with van der Waals surface area (Å²) in [6, 6.07) is 1.41. The Morgan fingerprint density at radius 2 is 2.21 bits per heavy atom. The standard InChI is InChI=1S/C17H19F3N4/c1-2-7-22-11-15(24-21)16-14(9-17(18,19)20)8-13(10-23-16)6-5-12-3-4-12/h8,10-12H,2-4,7,9,21H2,1H3/b22-11?,24-15+. The van der Waals surface area contributed by atoms with Crippen LogP contribution >= 0.6 is 0 Å². The number of nitrogens with zero attached hydrogens (tertiary/aromatic N) is 3. The second-order valence-electron chi connectivity index (χ2n) is 5.62. The maximum atomic E-state index is 12.9. The predicted molar refractivity (Wildman–Crippen MR) is 88.0 cm³/mol. The lowest BCUT2D eigenvalue weighted by Gasteiger charge is -2.11. The van der Waals surface area contributed by atoms with Crippen molar-refractivity contribution in [1.82, 2.24) is 4.98 Å². The van der Waals surface area contributed by atoms with Gasteiger partial charge in [0.15, 0.2) is 0 Å². The number of rotatable bonds is 5. The highest BCUT2D eigenvalue weighted by Crippen LogP contribution is 2.28. The number of aliphatic imine (C=N–C) groups is 1. The number of aromatic nitrogens is 1. The molecule has 4 nitrogen and oxygen atoms in total. The third-order valence-electron chi connectivity index (χ3n) is 3.30. The van der Waals surface area contributed by atoms with Crippen molar-refractivity contribution < 1.29 is 13.2 Å². The van der Waals surface area contributed by atoms with Gasteiger partial charge in [-0.2, -0.15) is 18.3 Å². The lowest BCUT2D eigenvalue weighted by Crippen LogP contribution is -2.18. The summed E-state index contributed by atoms with van der Waals surface area (Å²) in [5.74, 6) is 11.6. The van der Waals surface area contributed by atoms with Gasteiger partial charge in [0.25, 0.3) is 0 Å². The average Bonchev–Trinajstić information content (AvgIpc) is 3.33. The molecule has 1 aromatic heterocycles. The molecular formula is C17H19F3N4. The van der Waals surface area contributed by atoms with Crippen LogP contribution in [-0.4, -0.2) is 29.6 Å². The van der Waals surface area contributed by atoms with Gasteiger partial charge in [0.05, 0.1) is 18.3 Å². The first kappa shape index (κ1) is 18.0. The normalized spacial score (nSPS) is 15.4. The molecule has 2 N–H and O–H groups in total. The Labute approximate surface area is 139 Å². The highest BCUT2D eigenvalue weighted by molar-refractivity contribution is 6.37. The number of alkyl halides is 3. The molecule has 24 heavy (non-hydrogen) atoms. The number of halogens is 3. The summed E-state index contributed by atoms with van der Waals surface area (Å²) in [4.78, 5) is 8.19. The largest absolute Gasteiger partial charge is 0.393 e. The zero-order chi connectivity index (χ0) is 17.6. The number of pyridine rings is 1. The molecule has 0 radical (unpaired) electrons. The van der Waals surface area contributed by atoms with Crippen molar-refractivity contribution in [2.24, 2.45) is 21.9 Å². The summed E-state index contributed by atoms with van der Waals surface area (Å²) in [6.45, 7) is 2.48. The first-order chi connectivity index (χ1) is 11.4. The molecule has 0 spiro atoms. The molecule has 128 valence electrons. The van der Waals surface area contributed by atoms with Crippen LogP contribution in [0.1, 0.15) is 43.0 Å². The molecule has 0 bridgehead atoms. The van der Waals surface area contributed by atoms with Crippen molar-refractivity contribution in [3.63, 3.8) is 0 Å². The van der Waals surface area contributed by atoms with Crippen molar-refractivity contribution in [3.8, 4) is 11.8 Å². The fourth-order valence-electron chi connectivity index (χ4n) is 2.01. The minimum atomic E-state index is -4.36. The fraction of sp³-hybridized carbons (Fsp3) is 0.471. The first-order valence-electron chi connectivity index (χ1n) is 7.78. The van der Waals surface area contributed by atoms with Gasteiger partial charge >= 0.3 is 6.18 Å². The molecule has 1 fully saturated rings. The molecule has 1 heterocycles. The molecule has 0 saturated heterocycles.